The third-order valence-electron chi connectivity index (χ3n) is 2.82. The van der Waals surface area contributed by atoms with Gasteiger partial charge in [-0.1, -0.05) is 29.3 Å². The van der Waals surface area contributed by atoms with E-state index < -0.39 is 16.1 Å². The Morgan fingerprint density at radius 3 is 2.57 bits per heavy atom. The highest BCUT2D eigenvalue weighted by molar-refractivity contribution is 7.89. The van der Waals surface area contributed by atoms with Crippen molar-refractivity contribution in [3.05, 3.63) is 52.1 Å². The number of rotatable bonds is 4. The van der Waals surface area contributed by atoms with Crippen molar-refractivity contribution in [2.45, 2.75) is 17.9 Å². The number of sulfonamides is 1. The van der Waals surface area contributed by atoms with E-state index in [2.05, 4.69) is 9.71 Å². The molecule has 0 amide bonds. The van der Waals surface area contributed by atoms with Crippen LogP contribution in [0, 0.1) is 0 Å². The van der Waals surface area contributed by atoms with Crippen molar-refractivity contribution in [1.82, 2.24) is 9.71 Å². The van der Waals surface area contributed by atoms with Crippen LogP contribution in [-0.2, 0) is 10.0 Å². The summed E-state index contributed by atoms with van der Waals surface area (Å²) in [6.45, 7) is 1.69. The molecule has 3 N–H and O–H groups in total. The fourth-order valence-electron chi connectivity index (χ4n) is 1.81. The molecule has 1 heterocycles. The van der Waals surface area contributed by atoms with Gasteiger partial charge < -0.3 is 5.73 Å². The summed E-state index contributed by atoms with van der Waals surface area (Å²) in [5.74, 6) is 0.134. The second-order valence-electron chi connectivity index (χ2n) is 4.43. The highest BCUT2D eigenvalue weighted by atomic mass is 35.5. The summed E-state index contributed by atoms with van der Waals surface area (Å²) in [5, 5.41) is 0.882. The number of benzene rings is 1. The van der Waals surface area contributed by atoms with E-state index in [1.165, 1.54) is 18.3 Å². The van der Waals surface area contributed by atoms with Gasteiger partial charge in [-0.3, -0.25) is 0 Å². The van der Waals surface area contributed by atoms with Crippen molar-refractivity contribution in [3.8, 4) is 0 Å². The molecule has 0 saturated heterocycles. The number of nitrogens with zero attached hydrogens (tertiary/aromatic N) is 1. The van der Waals surface area contributed by atoms with Crippen molar-refractivity contribution in [2.75, 3.05) is 5.73 Å². The number of nitrogens with one attached hydrogen (secondary N) is 1. The number of halogens is 2. The average Bonchev–Trinajstić information content (AvgIpc) is 2.37. The molecule has 2 aromatic rings. The lowest BCUT2D eigenvalue weighted by atomic mass is 10.1. The van der Waals surface area contributed by atoms with E-state index in [1.54, 1.807) is 25.1 Å². The largest absolute Gasteiger partial charge is 0.384 e. The zero-order valence-corrected chi connectivity index (χ0v) is 13.4. The third-order valence-corrected chi connectivity index (χ3v) is 4.92. The van der Waals surface area contributed by atoms with Crippen molar-refractivity contribution in [2.24, 2.45) is 0 Å². The molecular weight excluding hydrogens is 333 g/mol. The highest BCUT2D eigenvalue weighted by Gasteiger charge is 2.20. The minimum Gasteiger partial charge on any atom is -0.384 e. The fraction of sp³-hybridized carbons (Fsp3) is 0.154. The van der Waals surface area contributed by atoms with Gasteiger partial charge in [0.25, 0.3) is 0 Å². The fourth-order valence-corrected chi connectivity index (χ4v) is 3.63. The molecule has 0 fully saturated rings. The SMILES string of the molecule is CC(NS(=O)(=O)c1ccnc(N)c1)c1ccc(Cl)cc1Cl. The van der Waals surface area contributed by atoms with Gasteiger partial charge in [0.1, 0.15) is 5.82 Å². The van der Waals surface area contributed by atoms with E-state index in [4.69, 9.17) is 28.9 Å². The van der Waals surface area contributed by atoms with Gasteiger partial charge in [0.05, 0.1) is 4.90 Å². The quantitative estimate of drug-likeness (QED) is 0.891. The van der Waals surface area contributed by atoms with E-state index in [0.717, 1.165) is 0 Å². The number of pyridine rings is 1. The van der Waals surface area contributed by atoms with Crippen LogP contribution in [0.2, 0.25) is 10.0 Å². The van der Waals surface area contributed by atoms with E-state index in [-0.39, 0.29) is 10.7 Å². The van der Waals surface area contributed by atoms with Crippen molar-refractivity contribution in [3.63, 3.8) is 0 Å². The lowest BCUT2D eigenvalue weighted by Gasteiger charge is -2.16. The Balaban J connectivity index is 2.28. The molecular formula is C13H13Cl2N3O2S. The molecule has 2 rings (SSSR count). The van der Waals surface area contributed by atoms with Gasteiger partial charge in [-0.05, 0) is 30.7 Å². The monoisotopic (exact) mass is 345 g/mol. The number of nitrogens with two attached hydrogens (primary N) is 1. The number of aromatic nitrogens is 1. The molecule has 0 radical (unpaired) electrons. The first-order chi connectivity index (χ1) is 9.79. The zero-order valence-electron chi connectivity index (χ0n) is 11.0. The lowest BCUT2D eigenvalue weighted by molar-refractivity contribution is 0.567. The summed E-state index contributed by atoms with van der Waals surface area (Å²) in [7, 11) is -3.72. The summed E-state index contributed by atoms with van der Waals surface area (Å²) >= 11 is 11.9. The lowest BCUT2D eigenvalue weighted by Crippen LogP contribution is -2.27. The summed E-state index contributed by atoms with van der Waals surface area (Å²) in [4.78, 5) is 3.81. The van der Waals surface area contributed by atoms with Crippen LogP contribution < -0.4 is 10.5 Å². The van der Waals surface area contributed by atoms with Crippen molar-refractivity contribution in [1.29, 1.82) is 0 Å². The molecule has 8 heteroatoms. The normalized spacial score (nSPS) is 13.1. The van der Waals surface area contributed by atoms with Crippen molar-refractivity contribution < 1.29 is 8.42 Å². The van der Waals surface area contributed by atoms with Crippen LogP contribution in [0.5, 0.6) is 0 Å². The Hall–Kier alpha value is -1.34. The average molecular weight is 346 g/mol. The first-order valence-electron chi connectivity index (χ1n) is 5.98. The minimum absolute atomic E-state index is 0.0481. The zero-order chi connectivity index (χ0) is 15.6. The molecule has 0 spiro atoms. The Morgan fingerprint density at radius 1 is 1.24 bits per heavy atom. The van der Waals surface area contributed by atoms with E-state index in [0.29, 0.717) is 15.6 Å². The van der Waals surface area contributed by atoms with Gasteiger partial charge in [-0.15, -0.1) is 0 Å². The van der Waals surface area contributed by atoms with Crippen LogP contribution in [0.25, 0.3) is 0 Å². The number of hydrogen-bond acceptors (Lipinski definition) is 4. The molecule has 0 aliphatic rings. The summed E-state index contributed by atoms with van der Waals surface area (Å²) in [6.07, 6.45) is 1.34. The van der Waals surface area contributed by atoms with Gasteiger partial charge in [0.2, 0.25) is 10.0 Å². The Labute approximate surface area is 133 Å². The van der Waals surface area contributed by atoms with Gasteiger partial charge in [-0.2, -0.15) is 0 Å². The summed E-state index contributed by atoms with van der Waals surface area (Å²) in [6, 6.07) is 7.03. The molecule has 21 heavy (non-hydrogen) atoms. The second-order valence-corrected chi connectivity index (χ2v) is 6.98. The maximum absolute atomic E-state index is 12.3. The maximum atomic E-state index is 12.3. The molecule has 1 unspecified atom stereocenters. The smallest absolute Gasteiger partial charge is 0.241 e. The van der Waals surface area contributed by atoms with Gasteiger partial charge in [0.15, 0.2) is 0 Å². The second kappa shape index (κ2) is 6.19. The standard InChI is InChI=1S/C13H13Cl2N3O2S/c1-8(11-3-2-9(14)6-12(11)15)18-21(19,20)10-4-5-17-13(16)7-10/h2-8,18H,1H3,(H2,16,17). The minimum atomic E-state index is -3.72. The molecule has 112 valence electrons. The van der Waals surface area contributed by atoms with Crippen LogP contribution in [-0.4, -0.2) is 13.4 Å². The molecule has 0 bridgehead atoms. The van der Waals surface area contributed by atoms with Crippen LogP contribution in [0.3, 0.4) is 0 Å². The Bertz CT molecular complexity index is 766. The Morgan fingerprint density at radius 2 is 1.95 bits per heavy atom. The van der Waals surface area contributed by atoms with E-state index in [1.807, 2.05) is 0 Å². The summed E-state index contributed by atoms with van der Waals surface area (Å²) in [5.41, 5.74) is 6.13. The summed E-state index contributed by atoms with van der Waals surface area (Å²) < 4.78 is 27.1. The predicted octanol–water partition coefficient (Wildman–Crippen LogP) is 3.01. The number of anilines is 1. The van der Waals surface area contributed by atoms with Gasteiger partial charge >= 0.3 is 0 Å². The van der Waals surface area contributed by atoms with Crippen molar-refractivity contribution >= 4 is 39.0 Å². The maximum Gasteiger partial charge on any atom is 0.241 e. The predicted molar refractivity (Wildman–Crippen MR) is 83.8 cm³/mol. The molecule has 1 aromatic heterocycles. The van der Waals surface area contributed by atoms with Crippen LogP contribution in [0.4, 0.5) is 5.82 Å². The molecule has 1 aromatic carbocycles. The molecule has 5 nitrogen and oxygen atoms in total. The van der Waals surface area contributed by atoms with Gasteiger partial charge in [0, 0.05) is 28.4 Å². The molecule has 1 atom stereocenters. The first-order valence-corrected chi connectivity index (χ1v) is 8.22. The van der Waals surface area contributed by atoms with E-state index >= 15 is 0 Å². The van der Waals surface area contributed by atoms with Crippen LogP contribution in [0.15, 0.2) is 41.4 Å². The highest BCUT2D eigenvalue weighted by Crippen LogP contribution is 2.27. The number of hydrogen-bond donors (Lipinski definition) is 2. The third kappa shape index (κ3) is 3.85. The van der Waals surface area contributed by atoms with Crippen LogP contribution in [0.1, 0.15) is 18.5 Å². The van der Waals surface area contributed by atoms with Crippen LogP contribution >= 0.6 is 23.2 Å². The molecule has 0 aliphatic carbocycles. The van der Waals surface area contributed by atoms with Gasteiger partial charge in [-0.25, -0.2) is 18.1 Å². The number of nitrogen functional groups attached to an aromatic ring is 1. The molecule has 0 saturated carbocycles. The topological polar surface area (TPSA) is 85.1 Å². The molecule has 0 aliphatic heterocycles. The Kier molecular flexibility index (Phi) is 4.73. The van der Waals surface area contributed by atoms with E-state index in [9.17, 15) is 8.42 Å². The first kappa shape index (κ1) is 16.0.